The number of halogens is 1. The van der Waals surface area contributed by atoms with Crippen LogP contribution in [0.5, 0.6) is 0 Å². The first kappa shape index (κ1) is 24.3. The zero-order valence-corrected chi connectivity index (χ0v) is 19.2. The second-order valence-electron chi connectivity index (χ2n) is 5.80. The van der Waals surface area contributed by atoms with Gasteiger partial charge in [-0.2, -0.15) is 5.06 Å². The molecule has 0 saturated carbocycles. The van der Waals surface area contributed by atoms with Gasteiger partial charge in [0.25, 0.3) is 17.5 Å². The number of nitrogen functional groups attached to an aromatic ring is 1. The number of carbonyl (C=O) groups is 4. The Morgan fingerprint density at radius 1 is 1.50 bits per heavy atom. The van der Waals surface area contributed by atoms with E-state index < -0.39 is 42.1 Å². The summed E-state index contributed by atoms with van der Waals surface area (Å²) in [6, 6.07) is -1.31. The van der Waals surface area contributed by atoms with Crippen LogP contribution in [0, 0.1) is 0 Å². The molecule has 2 fully saturated rings. The molecule has 3 N–H and O–H groups in total. The molecule has 2 aliphatic rings. The first-order chi connectivity index (χ1) is 13.7. The minimum atomic E-state index is -2.40. The third kappa shape index (κ3) is 4.38. The van der Waals surface area contributed by atoms with E-state index >= 15 is 0 Å². The second-order valence-corrected chi connectivity index (χ2v) is 7.43. The van der Waals surface area contributed by atoms with Crippen molar-refractivity contribution < 1.29 is 68.3 Å². The topological polar surface area (TPSA) is 186 Å². The maximum absolute atomic E-state index is 12.6. The summed E-state index contributed by atoms with van der Waals surface area (Å²) in [6.07, 6.45) is -0.600. The second kappa shape index (κ2) is 9.45. The van der Waals surface area contributed by atoms with Gasteiger partial charge in [-0.1, -0.05) is 28.1 Å². The number of anilines is 1. The summed E-state index contributed by atoms with van der Waals surface area (Å²) >= 11 is 6.88. The molecule has 0 spiro atoms. The van der Waals surface area contributed by atoms with Gasteiger partial charge in [0.2, 0.25) is 0 Å². The quantitative estimate of drug-likeness (QED) is 0.176. The summed E-state index contributed by atoms with van der Waals surface area (Å²) in [7, 11) is 1.18. The van der Waals surface area contributed by atoms with Gasteiger partial charge in [0.05, 0.1) is 6.42 Å². The molecule has 1 aromatic heterocycles. The Kier molecular flexibility index (Phi) is 7.65. The van der Waals surface area contributed by atoms with Crippen LogP contribution < -0.4 is 45.7 Å². The average molecular weight is 470 g/mol. The van der Waals surface area contributed by atoms with Crippen LogP contribution in [0.15, 0.2) is 5.16 Å². The monoisotopic (exact) mass is 469 g/mol. The fourth-order valence-electron chi connectivity index (χ4n) is 2.72. The summed E-state index contributed by atoms with van der Waals surface area (Å²) in [4.78, 5) is 61.7. The molecule has 0 radical (unpaired) electrons. The van der Waals surface area contributed by atoms with Crippen LogP contribution in [-0.4, -0.2) is 65.0 Å². The SMILES string of the molecule is CON=C(C(=O)N[C@H]1CON(C2(C(=O)[O-])CCC(=O)O2)C1=O)c1nc(N)sc1Cl.[Na+]. The predicted octanol–water partition coefficient (Wildman–Crippen LogP) is -5.22. The van der Waals surface area contributed by atoms with E-state index in [1.54, 1.807) is 0 Å². The maximum atomic E-state index is 12.6. The maximum Gasteiger partial charge on any atom is 1.00 e. The van der Waals surface area contributed by atoms with Crippen molar-refractivity contribution in [2.45, 2.75) is 24.6 Å². The number of aromatic nitrogens is 1. The molecule has 0 bridgehead atoms. The van der Waals surface area contributed by atoms with Gasteiger partial charge in [-0.3, -0.25) is 19.2 Å². The van der Waals surface area contributed by atoms with Gasteiger partial charge in [0.1, 0.15) is 35.8 Å². The Bertz CT molecular complexity index is 926. The third-order valence-corrected chi connectivity index (χ3v) is 5.08. The number of rotatable bonds is 6. The normalized spacial score (nSPS) is 23.7. The number of nitrogens with zero attached hydrogens (tertiary/aromatic N) is 3. The third-order valence-electron chi connectivity index (χ3n) is 4.00. The molecule has 0 aliphatic carbocycles. The van der Waals surface area contributed by atoms with E-state index in [2.05, 4.69) is 20.3 Å². The number of amides is 2. The van der Waals surface area contributed by atoms with E-state index in [1.165, 1.54) is 7.11 Å². The molecule has 3 rings (SSSR count). The zero-order chi connectivity index (χ0) is 21.3. The van der Waals surface area contributed by atoms with Crippen molar-refractivity contribution in [1.29, 1.82) is 0 Å². The fourth-order valence-corrected chi connectivity index (χ4v) is 3.64. The summed E-state index contributed by atoms with van der Waals surface area (Å²) in [6.45, 7) is -0.426. The van der Waals surface area contributed by atoms with Gasteiger partial charge in [-0.05, 0) is 0 Å². The summed E-state index contributed by atoms with van der Waals surface area (Å²) in [5.74, 6) is -4.52. The Morgan fingerprint density at radius 2 is 2.20 bits per heavy atom. The number of carboxylic acid groups (broad SMARTS) is 1. The number of hydroxylamine groups is 2. The summed E-state index contributed by atoms with van der Waals surface area (Å²) < 4.78 is 4.84. The largest absolute Gasteiger partial charge is 1.00 e. The van der Waals surface area contributed by atoms with E-state index in [0.29, 0.717) is 5.06 Å². The van der Waals surface area contributed by atoms with Gasteiger partial charge in [-0.25, -0.2) is 4.98 Å². The standard InChI is InChI=1S/C14H14ClN5O8S.Na/c1-26-19-8(7-9(15)29-13(16)18-7)10(22)17-5-4-27-20(11(5)23)14(12(24)25)3-2-6(21)28-14;/h5H,2-4H2,1H3,(H2,16,18)(H,17,22)(H,24,25);/q;+1/p-1/t5-,14?;/m0./s1. The van der Waals surface area contributed by atoms with Crippen molar-refractivity contribution in [3.63, 3.8) is 0 Å². The van der Waals surface area contributed by atoms with Gasteiger partial charge < -0.3 is 30.5 Å². The Hall–Kier alpha value is -1.97. The molecule has 16 heteroatoms. The number of aliphatic carboxylic acids is 1. The van der Waals surface area contributed by atoms with Crippen LogP contribution in [0.1, 0.15) is 18.5 Å². The number of cyclic esters (lactones) is 1. The molecule has 30 heavy (non-hydrogen) atoms. The number of thiazole rings is 1. The molecule has 3 heterocycles. The summed E-state index contributed by atoms with van der Waals surface area (Å²) in [5.41, 5.74) is 2.73. The van der Waals surface area contributed by atoms with Crippen molar-refractivity contribution in [2.24, 2.45) is 5.16 Å². The minimum absolute atomic E-state index is 0. The van der Waals surface area contributed by atoms with Crippen LogP contribution in [0.4, 0.5) is 5.13 Å². The Labute approximate surface area is 199 Å². The van der Waals surface area contributed by atoms with Crippen molar-refractivity contribution in [3.05, 3.63) is 10.0 Å². The first-order valence-electron chi connectivity index (χ1n) is 7.94. The molecule has 2 saturated heterocycles. The van der Waals surface area contributed by atoms with E-state index in [0.717, 1.165) is 11.3 Å². The average Bonchev–Trinajstić information content (AvgIpc) is 3.31. The van der Waals surface area contributed by atoms with Crippen LogP contribution in [-0.2, 0) is 33.6 Å². The van der Waals surface area contributed by atoms with Gasteiger partial charge in [0, 0.05) is 6.42 Å². The fraction of sp³-hybridized carbons (Fsp3) is 0.429. The van der Waals surface area contributed by atoms with E-state index in [4.69, 9.17) is 26.9 Å². The molecule has 2 aliphatic heterocycles. The van der Waals surface area contributed by atoms with Gasteiger partial charge in [0.15, 0.2) is 10.8 Å². The van der Waals surface area contributed by atoms with Crippen molar-refractivity contribution in [3.8, 4) is 0 Å². The van der Waals surface area contributed by atoms with E-state index in [1.807, 2.05) is 0 Å². The molecule has 0 aromatic carbocycles. The van der Waals surface area contributed by atoms with Crippen LogP contribution >= 0.6 is 22.9 Å². The Balaban J connectivity index is 0.00000320. The zero-order valence-electron chi connectivity index (χ0n) is 15.7. The molecule has 1 unspecified atom stereocenters. The number of nitrogens with one attached hydrogen (secondary N) is 1. The molecule has 156 valence electrons. The number of nitrogens with two attached hydrogens (primary N) is 1. The van der Waals surface area contributed by atoms with E-state index in [-0.39, 0.29) is 63.3 Å². The Morgan fingerprint density at radius 3 is 2.70 bits per heavy atom. The molecule has 1 aromatic rings. The predicted molar refractivity (Wildman–Crippen MR) is 92.9 cm³/mol. The van der Waals surface area contributed by atoms with Crippen LogP contribution in [0.25, 0.3) is 0 Å². The number of hydrogen-bond acceptors (Lipinski definition) is 12. The number of hydrogen-bond donors (Lipinski definition) is 2. The molecule has 2 atom stereocenters. The smallest absolute Gasteiger partial charge is 0.544 e. The number of oxime groups is 1. The van der Waals surface area contributed by atoms with Crippen LogP contribution in [0.2, 0.25) is 4.34 Å². The first-order valence-corrected chi connectivity index (χ1v) is 9.13. The molecule has 13 nitrogen and oxygen atoms in total. The molecule has 2 amide bonds. The van der Waals surface area contributed by atoms with Gasteiger partial charge >= 0.3 is 35.5 Å². The number of ether oxygens (including phenoxy) is 1. The minimum Gasteiger partial charge on any atom is -0.544 e. The summed E-state index contributed by atoms with van der Waals surface area (Å²) in [5, 5.41) is 17.9. The van der Waals surface area contributed by atoms with Crippen LogP contribution in [0.3, 0.4) is 0 Å². The number of esters is 1. The molecular formula is C14H13ClN5NaO8S. The molecular weight excluding hydrogens is 457 g/mol. The van der Waals surface area contributed by atoms with Crippen molar-refractivity contribution in [1.82, 2.24) is 15.4 Å². The number of carboxylic acids is 1. The number of carbonyl (C=O) groups excluding carboxylic acids is 4. The van der Waals surface area contributed by atoms with Gasteiger partial charge in [-0.15, -0.1) is 0 Å². The van der Waals surface area contributed by atoms with Crippen molar-refractivity contribution in [2.75, 3.05) is 19.5 Å². The van der Waals surface area contributed by atoms with E-state index in [9.17, 15) is 24.3 Å². The van der Waals surface area contributed by atoms with Crippen molar-refractivity contribution >= 4 is 57.5 Å².